The van der Waals surface area contributed by atoms with Gasteiger partial charge in [-0.15, -0.1) is 0 Å². The summed E-state index contributed by atoms with van der Waals surface area (Å²) in [5.41, 5.74) is 0.294. The first-order valence-electron chi connectivity index (χ1n) is 3.63. The van der Waals surface area contributed by atoms with Gasteiger partial charge < -0.3 is 28.9 Å². The Hall–Kier alpha value is 2.96. The summed E-state index contributed by atoms with van der Waals surface area (Å²) in [6, 6.07) is 0. The molecule has 0 saturated carbocycles. The van der Waals surface area contributed by atoms with Crippen molar-refractivity contribution in [2.24, 2.45) is 0 Å². The Morgan fingerprint density at radius 1 is 1.17 bits per heavy atom. The molecule has 0 radical (unpaired) electrons. The van der Waals surface area contributed by atoms with E-state index in [0.717, 1.165) is 0 Å². The van der Waals surface area contributed by atoms with Gasteiger partial charge in [-0.25, -0.2) is 0 Å². The van der Waals surface area contributed by atoms with Gasteiger partial charge in [0.15, 0.2) is 0 Å². The standard InChI is InChI=1S/C5H12O8P2.3Na/c1-5(4-6)2-3-12-15(10,11)13-14(7,8)9;;;/h6H,1-4H2,(H,10,11)(H2,7,8,9);;;/q;3*+1/p-3. The number of hydrogen-bond donors (Lipinski definition) is 1. The van der Waals surface area contributed by atoms with E-state index in [4.69, 9.17) is 5.11 Å². The van der Waals surface area contributed by atoms with Gasteiger partial charge >= 0.3 is 88.7 Å². The molecular formula is C5H9Na3O8P2. The van der Waals surface area contributed by atoms with Gasteiger partial charge in [0.2, 0.25) is 0 Å². The first-order chi connectivity index (χ1) is 6.66. The van der Waals surface area contributed by atoms with Crippen LogP contribution in [-0.4, -0.2) is 18.3 Å². The summed E-state index contributed by atoms with van der Waals surface area (Å²) in [5.74, 6) is 0. The van der Waals surface area contributed by atoms with E-state index < -0.39 is 22.3 Å². The molecule has 8 nitrogen and oxygen atoms in total. The number of hydrogen-bond acceptors (Lipinski definition) is 8. The van der Waals surface area contributed by atoms with E-state index in [-0.39, 0.29) is 102 Å². The van der Waals surface area contributed by atoms with Crippen molar-refractivity contribution in [2.75, 3.05) is 13.2 Å². The summed E-state index contributed by atoms with van der Waals surface area (Å²) in [6.45, 7) is 2.52. The van der Waals surface area contributed by atoms with Crippen LogP contribution in [0.4, 0.5) is 0 Å². The Kier molecular flexibility index (Phi) is 22.0. The first kappa shape index (κ1) is 29.0. The zero-order chi connectivity index (χ0) is 12.1. The van der Waals surface area contributed by atoms with Crippen molar-refractivity contribution in [3.8, 4) is 0 Å². The van der Waals surface area contributed by atoms with Crippen molar-refractivity contribution < 1.29 is 126 Å². The van der Waals surface area contributed by atoms with Crippen molar-refractivity contribution in [1.29, 1.82) is 0 Å². The van der Waals surface area contributed by atoms with Gasteiger partial charge in [0.1, 0.15) is 0 Å². The third-order valence-corrected chi connectivity index (χ3v) is 3.23. The molecule has 1 atom stereocenters. The largest absolute Gasteiger partial charge is 1.00 e. The molecule has 18 heavy (non-hydrogen) atoms. The van der Waals surface area contributed by atoms with Crippen molar-refractivity contribution in [1.82, 2.24) is 0 Å². The zero-order valence-electron chi connectivity index (χ0n) is 10.5. The molecular weight excluding hydrogens is 319 g/mol. The normalized spacial score (nSPS) is 13.3. The second kappa shape index (κ2) is 13.6. The average molecular weight is 328 g/mol. The van der Waals surface area contributed by atoms with Gasteiger partial charge in [0, 0.05) is 0 Å². The van der Waals surface area contributed by atoms with E-state index in [1.165, 1.54) is 0 Å². The fourth-order valence-electron chi connectivity index (χ4n) is 0.527. The molecule has 0 amide bonds. The molecule has 0 aliphatic carbocycles. The van der Waals surface area contributed by atoms with Crippen LogP contribution in [0.5, 0.6) is 0 Å². The summed E-state index contributed by atoms with van der Waals surface area (Å²) < 4.78 is 27.8. The molecule has 0 fully saturated rings. The SMILES string of the molecule is C=C(CO)CCOP(=O)([O-])OP(=O)([O-])[O-].[Na+].[Na+].[Na+]. The molecule has 0 heterocycles. The summed E-state index contributed by atoms with van der Waals surface area (Å²) in [6.07, 6.45) is -0.00585. The van der Waals surface area contributed by atoms with E-state index in [9.17, 15) is 23.8 Å². The van der Waals surface area contributed by atoms with Crippen molar-refractivity contribution in [3.05, 3.63) is 12.2 Å². The summed E-state index contributed by atoms with van der Waals surface area (Å²) in [7, 11) is -10.8. The molecule has 0 saturated heterocycles. The van der Waals surface area contributed by atoms with Gasteiger partial charge in [-0.1, -0.05) is 6.58 Å². The van der Waals surface area contributed by atoms with E-state index >= 15 is 0 Å². The molecule has 0 aliphatic rings. The molecule has 13 heteroatoms. The predicted octanol–water partition coefficient (Wildman–Crippen LogP) is -10.7. The molecule has 0 aromatic rings. The third kappa shape index (κ3) is 19.0. The van der Waals surface area contributed by atoms with Gasteiger partial charge in [0.25, 0.3) is 7.82 Å². The summed E-state index contributed by atoms with van der Waals surface area (Å²) >= 11 is 0. The van der Waals surface area contributed by atoms with Gasteiger partial charge in [-0.2, -0.15) is 0 Å². The minimum atomic E-state index is -5.63. The van der Waals surface area contributed by atoms with Crippen LogP contribution in [0.3, 0.4) is 0 Å². The number of aliphatic hydroxyl groups is 1. The van der Waals surface area contributed by atoms with E-state index in [2.05, 4.69) is 15.4 Å². The van der Waals surface area contributed by atoms with E-state index in [1.807, 2.05) is 0 Å². The number of phosphoric ester groups is 1. The number of rotatable bonds is 7. The average Bonchev–Trinajstić information content (AvgIpc) is 1.98. The van der Waals surface area contributed by atoms with Crippen LogP contribution in [0, 0.1) is 0 Å². The maximum atomic E-state index is 10.6. The molecule has 0 aromatic heterocycles. The fraction of sp³-hybridized carbons (Fsp3) is 0.600. The molecule has 1 N–H and O–H groups in total. The summed E-state index contributed by atoms with van der Waals surface area (Å²) in [5, 5.41) is 8.47. The molecule has 0 bridgehead atoms. The maximum absolute atomic E-state index is 10.6. The van der Waals surface area contributed by atoms with Crippen LogP contribution in [0.1, 0.15) is 6.42 Å². The van der Waals surface area contributed by atoms with Crippen LogP contribution >= 0.6 is 15.6 Å². The van der Waals surface area contributed by atoms with Crippen LogP contribution in [0.25, 0.3) is 0 Å². The van der Waals surface area contributed by atoms with Crippen LogP contribution in [0.15, 0.2) is 12.2 Å². The van der Waals surface area contributed by atoms with Crippen molar-refractivity contribution in [2.45, 2.75) is 6.42 Å². The Morgan fingerprint density at radius 3 is 1.94 bits per heavy atom. The Labute approximate surface area is 171 Å². The van der Waals surface area contributed by atoms with Gasteiger partial charge in [-0.05, 0) is 12.0 Å². The molecule has 0 spiro atoms. The maximum Gasteiger partial charge on any atom is 1.00 e. The van der Waals surface area contributed by atoms with Crippen LogP contribution in [0.2, 0.25) is 0 Å². The molecule has 0 aromatic carbocycles. The van der Waals surface area contributed by atoms with Crippen molar-refractivity contribution >= 4 is 15.6 Å². The monoisotopic (exact) mass is 328 g/mol. The van der Waals surface area contributed by atoms with Crippen LogP contribution < -0.4 is 103 Å². The third-order valence-electron chi connectivity index (χ3n) is 1.13. The Bertz CT molecular complexity index is 318. The van der Waals surface area contributed by atoms with Gasteiger partial charge in [-0.3, -0.25) is 8.88 Å². The molecule has 0 aliphatic heterocycles. The quantitative estimate of drug-likeness (QED) is 0.276. The minimum absolute atomic E-state index is 0. The van der Waals surface area contributed by atoms with E-state index in [0.29, 0.717) is 5.57 Å². The second-order valence-electron chi connectivity index (χ2n) is 2.47. The van der Waals surface area contributed by atoms with Gasteiger partial charge in [0.05, 0.1) is 21.0 Å². The second-order valence-corrected chi connectivity index (χ2v) is 5.17. The molecule has 90 valence electrons. The fourth-order valence-corrected chi connectivity index (χ4v) is 2.01. The Morgan fingerprint density at radius 2 is 1.61 bits per heavy atom. The number of phosphoric acid groups is 2. The first-order valence-corrected chi connectivity index (χ1v) is 6.55. The van der Waals surface area contributed by atoms with E-state index in [1.54, 1.807) is 0 Å². The van der Waals surface area contributed by atoms with Crippen LogP contribution in [-0.2, 0) is 18.0 Å². The predicted molar refractivity (Wildman–Crippen MR) is 43.1 cm³/mol. The minimum Gasteiger partial charge on any atom is -0.790 e. The topological polar surface area (TPSA) is 142 Å². The van der Waals surface area contributed by atoms with Crippen molar-refractivity contribution in [3.63, 3.8) is 0 Å². The molecule has 1 unspecified atom stereocenters. The zero-order valence-corrected chi connectivity index (χ0v) is 18.3. The smallest absolute Gasteiger partial charge is 0.790 e. The molecule has 0 rings (SSSR count). The summed E-state index contributed by atoms with van der Waals surface area (Å²) in [4.78, 5) is 30.5. The number of aliphatic hydroxyl groups excluding tert-OH is 1. The Balaban J connectivity index is -0.000000327.